The summed E-state index contributed by atoms with van der Waals surface area (Å²) in [6.07, 6.45) is 1.36. The maximum Gasteiger partial charge on any atom is 0.349 e. The van der Waals surface area contributed by atoms with Gasteiger partial charge in [-0.2, -0.15) is 5.26 Å². The Hall–Kier alpha value is -3.99. The monoisotopic (exact) mass is 436 g/mol. The quantitative estimate of drug-likeness (QED) is 0.417. The molecule has 2 aromatic rings. The normalized spacial score (nSPS) is 12.7. The molecule has 1 aliphatic rings. The number of benzene rings is 2. The van der Waals surface area contributed by atoms with Crippen LogP contribution in [0.15, 0.2) is 42.0 Å². The summed E-state index contributed by atoms with van der Waals surface area (Å²) < 4.78 is 20.8. The minimum atomic E-state index is -0.907. The maximum absolute atomic E-state index is 12.4. The Labute approximate surface area is 186 Å². The van der Waals surface area contributed by atoms with Gasteiger partial charge in [-0.3, -0.25) is 4.79 Å². The van der Waals surface area contributed by atoms with Crippen LogP contribution in [0, 0.1) is 11.3 Å². The number of nitrogens with one attached hydrogen (secondary N) is 1. The molecule has 32 heavy (non-hydrogen) atoms. The Morgan fingerprint density at radius 1 is 1.16 bits per heavy atom. The Morgan fingerprint density at radius 2 is 1.91 bits per heavy atom. The molecule has 0 bridgehead atoms. The van der Waals surface area contributed by atoms with Gasteiger partial charge in [0.15, 0.2) is 18.1 Å². The van der Waals surface area contributed by atoms with Gasteiger partial charge in [-0.1, -0.05) is 32.9 Å². The standard InChI is InChI=1S/C24H24N2O6/c1-24(2,3)17-6-8-19(29-4)18(11-17)26-22(27)13-30-23(28)16(12-25)9-15-5-7-20-21(10-15)32-14-31-20/h5-11H,13-14H2,1-4H3,(H,26,27)/b16-9-. The van der Waals surface area contributed by atoms with Crippen molar-refractivity contribution in [2.45, 2.75) is 26.2 Å². The molecule has 0 saturated carbocycles. The predicted octanol–water partition coefficient (Wildman–Crippen LogP) is 3.81. The van der Waals surface area contributed by atoms with E-state index in [0.717, 1.165) is 5.56 Å². The van der Waals surface area contributed by atoms with Gasteiger partial charge >= 0.3 is 5.97 Å². The molecule has 1 heterocycles. The second-order valence-electron chi connectivity index (χ2n) is 8.07. The van der Waals surface area contributed by atoms with Crippen LogP contribution in [0.2, 0.25) is 0 Å². The van der Waals surface area contributed by atoms with Crippen LogP contribution in [0.1, 0.15) is 31.9 Å². The minimum absolute atomic E-state index is 0.119. The van der Waals surface area contributed by atoms with E-state index < -0.39 is 18.5 Å². The molecule has 2 aromatic carbocycles. The lowest BCUT2D eigenvalue weighted by atomic mass is 9.87. The summed E-state index contributed by atoms with van der Waals surface area (Å²) in [5, 5.41) is 12.0. The second-order valence-corrected chi connectivity index (χ2v) is 8.07. The number of ether oxygens (including phenoxy) is 4. The molecule has 1 N–H and O–H groups in total. The van der Waals surface area contributed by atoms with Crippen LogP contribution in [0.4, 0.5) is 5.69 Å². The van der Waals surface area contributed by atoms with E-state index >= 15 is 0 Å². The number of nitriles is 1. The zero-order valence-electron chi connectivity index (χ0n) is 18.4. The van der Waals surface area contributed by atoms with Gasteiger partial charge in [-0.15, -0.1) is 0 Å². The van der Waals surface area contributed by atoms with Crippen molar-refractivity contribution in [3.05, 3.63) is 53.1 Å². The third-order valence-corrected chi connectivity index (χ3v) is 4.72. The SMILES string of the molecule is COc1ccc(C(C)(C)C)cc1NC(=O)COC(=O)/C(C#N)=C\c1ccc2c(c1)OCO2. The zero-order valence-corrected chi connectivity index (χ0v) is 18.4. The summed E-state index contributed by atoms with van der Waals surface area (Å²) in [5.74, 6) is 0.137. The van der Waals surface area contributed by atoms with Crippen molar-refractivity contribution >= 4 is 23.6 Å². The summed E-state index contributed by atoms with van der Waals surface area (Å²) in [6, 6.07) is 12.3. The van der Waals surface area contributed by atoms with Crippen molar-refractivity contribution in [2.75, 3.05) is 25.8 Å². The maximum atomic E-state index is 12.4. The number of hydrogen-bond acceptors (Lipinski definition) is 7. The van der Waals surface area contributed by atoms with Crippen LogP contribution in [0.3, 0.4) is 0 Å². The fourth-order valence-electron chi connectivity index (χ4n) is 2.97. The Morgan fingerprint density at radius 3 is 2.59 bits per heavy atom. The largest absolute Gasteiger partial charge is 0.495 e. The van der Waals surface area contributed by atoms with Crippen LogP contribution in [0.25, 0.3) is 6.08 Å². The highest BCUT2D eigenvalue weighted by atomic mass is 16.7. The van der Waals surface area contributed by atoms with Crippen LogP contribution in [-0.2, 0) is 19.7 Å². The molecule has 0 unspecified atom stereocenters. The zero-order chi connectivity index (χ0) is 23.3. The van der Waals surface area contributed by atoms with Crippen molar-refractivity contribution in [2.24, 2.45) is 0 Å². The van der Waals surface area contributed by atoms with Crippen molar-refractivity contribution < 1.29 is 28.5 Å². The fourth-order valence-corrected chi connectivity index (χ4v) is 2.97. The van der Waals surface area contributed by atoms with E-state index in [1.165, 1.54) is 13.2 Å². The van der Waals surface area contributed by atoms with Gasteiger partial charge in [0.05, 0.1) is 12.8 Å². The third kappa shape index (κ3) is 5.38. The number of amides is 1. The predicted molar refractivity (Wildman–Crippen MR) is 117 cm³/mol. The Bertz CT molecular complexity index is 1110. The number of carbonyl (C=O) groups excluding carboxylic acids is 2. The van der Waals surface area contributed by atoms with E-state index in [2.05, 4.69) is 26.1 Å². The minimum Gasteiger partial charge on any atom is -0.495 e. The number of hydrogen-bond donors (Lipinski definition) is 1. The molecule has 8 nitrogen and oxygen atoms in total. The van der Waals surface area contributed by atoms with Gasteiger partial charge in [-0.05, 0) is 46.9 Å². The number of rotatable bonds is 6. The summed E-state index contributed by atoms with van der Waals surface area (Å²) in [7, 11) is 1.50. The van der Waals surface area contributed by atoms with Gasteiger partial charge in [0.2, 0.25) is 6.79 Å². The topological polar surface area (TPSA) is 107 Å². The molecule has 0 spiro atoms. The Balaban J connectivity index is 1.65. The molecule has 8 heteroatoms. The molecular formula is C24H24N2O6. The lowest BCUT2D eigenvalue weighted by molar-refractivity contribution is -0.142. The van der Waals surface area contributed by atoms with Crippen LogP contribution < -0.4 is 19.5 Å². The Kier molecular flexibility index (Phi) is 6.69. The number of nitrogens with zero attached hydrogens (tertiary/aromatic N) is 1. The fraction of sp³-hybridized carbons (Fsp3) is 0.292. The van der Waals surface area contributed by atoms with E-state index in [-0.39, 0.29) is 17.8 Å². The van der Waals surface area contributed by atoms with E-state index in [4.69, 9.17) is 18.9 Å². The van der Waals surface area contributed by atoms with Gasteiger partial charge in [0, 0.05) is 0 Å². The first-order valence-electron chi connectivity index (χ1n) is 9.88. The van der Waals surface area contributed by atoms with Crippen LogP contribution >= 0.6 is 0 Å². The lowest BCUT2D eigenvalue weighted by Gasteiger charge is -2.21. The molecule has 1 amide bonds. The summed E-state index contributed by atoms with van der Waals surface area (Å²) in [4.78, 5) is 24.7. The molecule has 0 aromatic heterocycles. The van der Waals surface area contributed by atoms with Crippen LogP contribution in [0.5, 0.6) is 17.2 Å². The molecule has 3 rings (SSSR count). The summed E-state index contributed by atoms with van der Waals surface area (Å²) in [6.45, 7) is 5.73. The van der Waals surface area contributed by atoms with E-state index in [1.807, 2.05) is 12.1 Å². The van der Waals surface area contributed by atoms with Gasteiger partial charge in [-0.25, -0.2) is 4.79 Å². The van der Waals surface area contributed by atoms with Gasteiger partial charge < -0.3 is 24.3 Å². The molecule has 0 aliphatic carbocycles. The number of anilines is 1. The van der Waals surface area contributed by atoms with Crippen molar-refractivity contribution in [3.8, 4) is 23.3 Å². The summed E-state index contributed by atoms with van der Waals surface area (Å²) >= 11 is 0. The second kappa shape index (κ2) is 9.43. The average molecular weight is 436 g/mol. The third-order valence-electron chi connectivity index (χ3n) is 4.72. The van der Waals surface area contributed by atoms with E-state index in [0.29, 0.717) is 28.5 Å². The highest BCUT2D eigenvalue weighted by molar-refractivity contribution is 6.00. The average Bonchev–Trinajstić information content (AvgIpc) is 3.23. The van der Waals surface area contributed by atoms with E-state index in [1.54, 1.807) is 30.3 Å². The van der Waals surface area contributed by atoms with Crippen LogP contribution in [-0.4, -0.2) is 32.4 Å². The molecule has 0 saturated heterocycles. The number of carbonyl (C=O) groups is 2. The van der Waals surface area contributed by atoms with Crippen molar-refractivity contribution in [1.29, 1.82) is 5.26 Å². The number of methoxy groups -OCH3 is 1. The first-order chi connectivity index (χ1) is 15.2. The highest BCUT2D eigenvalue weighted by Gasteiger charge is 2.19. The number of fused-ring (bicyclic) bond motifs is 1. The molecule has 166 valence electrons. The van der Waals surface area contributed by atoms with Gasteiger partial charge in [0.1, 0.15) is 17.4 Å². The van der Waals surface area contributed by atoms with Crippen molar-refractivity contribution in [1.82, 2.24) is 0 Å². The molecule has 0 fully saturated rings. The first kappa shape index (κ1) is 22.7. The lowest BCUT2D eigenvalue weighted by Crippen LogP contribution is -2.22. The number of esters is 1. The molecule has 0 radical (unpaired) electrons. The highest BCUT2D eigenvalue weighted by Crippen LogP contribution is 2.33. The molecular weight excluding hydrogens is 412 g/mol. The first-order valence-corrected chi connectivity index (χ1v) is 9.88. The van der Waals surface area contributed by atoms with Gasteiger partial charge in [0.25, 0.3) is 5.91 Å². The smallest absolute Gasteiger partial charge is 0.349 e. The van der Waals surface area contributed by atoms with Crippen molar-refractivity contribution in [3.63, 3.8) is 0 Å². The molecule has 1 aliphatic heterocycles. The van der Waals surface area contributed by atoms with E-state index in [9.17, 15) is 14.9 Å². The molecule has 0 atom stereocenters. The summed E-state index contributed by atoms with van der Waals surface area (Å²) in [5.41, 5.74) is 1.67.